The summed E-state index contributed by atoms with van der Waals surface area (Å²) in [5, 5.41) is 10.5. The van der Waals surface area contributed by atoms with Crippen LogP contribution in [0.3, 0.4) is 0 Å². The van der Waals surface area contributed by atoms with E-state index >= 15 is 0 Å². The number of hydrogen-bond donors (Lipinski definition) is 1. The van der Waals surface area contributed by atoms with Gasteiger partial charge in [0.15, 0.2) is 0 Å². The Morgan fingerprint density at radius 1 is 1.00 bits per heavy atom. The summed E-state index contributed by atoms with van der Waals surface area (Å²) < 4.78 is 33.0. The predicted octanol–water partition coefficient (Wildman–Crippen LogP) is 0.0364. The molecule has 4 nitrogen and oxygen atoms in total. The van der Waals surface area contributed by atoms with Crippen molar-refractivity contribution >= 4 is 10.1 Å². The first kappa shape index (κ1) is 20.9. The first-order valence-electron chi connectivity index (χ1n) is 6.52. The molecule has 1 N–H and O–H groups in total. The van der Waals surface area contributed by atoms with Crippen molar-refractivity contribution in [2.45, 2.75) is 58.1 Å². The number of benzene rings is 1. The van der Waals surface area contributed by atoms with Crippen LogP contribution in [0.15, 0.2) is 12.1 Å². The maximum absolute atomic E-state index is 11.0. The summed E-state index contributed by atoms with van der Waals surface area (Å²) in [5.74, 6) is -0.378. The quantitative estimate of drug-likeness (QED) is 0.616. The molecule has 0 radical (unpaired) electrons. The molecule has 0 heterocycles. The van der Waals surface area contributed by atoms with Gasteiger partial charge in [0.1, 0.15) is 5.75 Å². The molecule has 0 aliphatic heterocycles. The van der Waals surface area contributed by atoms with Crippen LogP contribution in [0.1, 0.15) is 58.2 Å². The van der Waals surface area contributed by atoms with E-state index in [2.05, 4.69) is 0 Å². The fraction of sp³-hybridized carbons (Fsp3) is 0.600. The molecule has 6 heteroatoms. The Labute approximate surface area is 150 Å². The second-order valence-corrected chi connectivity index (χ2v) is 8.65. The topological polar surface area (TPSA) is 77.4 Å². The SMILES string of the molecule is CC(C)(C)c1cc(CS(=O)(=O)[O-])cc(C(C)(C)C)c1O.[Na+]. The molecule has 1 rings (SSSR count). The second-order valence-electron chi connectivity index (χ2n) is 7.24. The summed E-state index contributed by atoms with van der Waals surface area (Å²) in [6.07, 6.45) is 0. The Bertz CT molecular complexity index is 573. The van der Waals surface area contributed by atoms with Crippen LogP contribution in [0.5, 0.6) is 5.75 Å². The van der Waals surface area contributed by atoms with Crippen molar-refractivity contribution in [3.8, 4) is 5.75 Å². The maximum Gasteiger partial charge on any atom is 1.00 e. The van der Waals surface area contributed by atoms with E-state index in [0.29, 0.717) is 16.7 Å². The number of phenols is 1. The van der Waals surface area contributed by atoms with Gasteiger partial charge in [-0.3, -0.25) is 0 Å². The number of rotatable bonds is 2. The summed E-state index contributed by atoms with van der Waals surface area (Å²) in [5.41, 5.74) is 1.05. The Morgan fingerprint density at radius 3 is 1.57 bits per heavy atom. The van der Waals surface area contributed by atoms with Crippen LogP contribution in [0.2, 0.25) is 0 Å². The van der Waals surface area contributed by atoms with E-state index in [1.807, 2.05) is 41.5 Å². The van der Waals surface area contributed by atoms with Crippen molar-refractivity contribution < 1.29 is 47.6 Å². The van der Waals surface area contributed by atoms with E-state index in [1.54, 1.807) is 12.1 Å². The number of aromatic hydroxyl groups is 1. The van der Waals surface area contributed by atoms with Gasteiger partial charge in [-0.05, 0) is 27.5 Å². The van der Waals surface area contributed by atoms with Crippen molar-refractivity contribution in [1.29, 1.82) is 0 Å². The molecule has 0 aromatic heterocycles. The molecule has 0 atom stereocenters. The zero-order valence-corrected chi connectivity index (χ0v) is 16.8. The molecule has 0 aliphatic rings. The standard InChI is InChI=1S/C15H24O4S.Na/c1-14(2,3)11-7-10(9-20(17,18)19)8-12(13(11)16)15(4,5)6;/h7-8,16H,9H2,1-6H3,(H,17,18,19);/q;+1/p-1. The number of phenolic OH excluding ortho intramolecular Hbond substituents is 1. The Hall–Kier alpha value is -0.0700. The van der Waals surface area contributed by atoms with Gasteiger partial charge in [0.25, 0.3) is 0 Å². The first-order chi connectivity index (χ1) is 8.72. The molecule has 0 aliphatic carbocycles. The van der Waals surface area contributed by atoms with Crippen LogP contribution < -0.4 is 29.6 Å². The minimum absolute atomic E-state index is 0. The molecular formula is C15H23NaO4S. The van der Waals surface area contributed by atoms with Crippen LogP contribution in [-0.2, 0) is 26.7 Å². The van der Waals surface area contributed by atoms with Crippen LogP contribution in [0.4, 0.5) is 0 Å². The summed E-state index contributed by atoms with van der Waals surface area (Å²) in [6, 6.07) is 3.22. The van der Waals surface area contributed by atoms with Crippen LogP contribution in [-0.4, -0.2) is 18.1 Å². The zero-order valence-electron chi connectivity index (χ0n) is 13.9. The third-order valence-corrected chi connectivity index (χ3v) is 3.82. The minimum Gasteiger partial charge on any atom is -0.748 e. The molecule has 21 heavy (non-hydrogen) atoms. The van der Waals surface area contributed by atoms with Gasteiger partial charge >= 0.3 is 29.6 Å². The minimum atomic E-state index is -4.35. The van der Waals surface area contributed by atoms with Crippen molar-refractivity contribution in [2.75, 3.05) is 0 Å². The van der Waals surface area contributed by atoms with Gasteiger partial charge in [0, 0.05) is 0 Å². The predicted molar refractivity (Wildman–Crippen MR) is 78.9 cm³/mol. The van der Waals surface area contributed by atoms with Crippen LogP contribution in [0, 0.1) is 0 Å². The fourth-order valence-electron chi connectivity index (χ4n) is 2.13. The Morgan fingerprint density at radius 2 is 1.33 bits per heavy atom. The molecule has 114 valence electrons. The van der Waals surface area contributed by atoms with E-state index in [1.165, 1.54) is 0 Å². The molecule has 0 amide bonds. The van der Waals surface area contributed by atoms with Gasteiger partial charge in [-0.25, -0.2) is 8.42 Å². The molecule has 0 bridgehead atoms. The largest absolute Gasteiger partial charge is 1.00 e. The van der Waals surface area contributed by atoms with Gasteiger partial charge in [-0.15, -0.1) is 0 Å². The normalized spacial score (nSPS) is 12.9. The first-order valence-corrected chi connectivity index (χ1v) is 8.10. The molecular weight excluding hydrogens is 299 g/mol. The molecule has 0 saturated heterocycles. The van der Waals surface area contributed by atoms with E-state index < -0.39 is 15.9 Å². The average Bonchev–Trinajstić information content (AvgIpc) is 2.14. The molecule has 0 unspecified atom stereocenters. The van der Waals surface area contributed by atoms with E-state index in [-0.39, 0.29) is 46.1 Å². The summed E-state index contributed by atoms with van der Waals surface area (Å²) in [6.45, 7) is 11.6. The zero-order chi connectivity index (χ0) is 15.9. The smallest absolute Gasteiger partial charge is 0.748 e. The monoisotopic (exact) mass is 322 g/mol. The molecule has 1 aromatic rings. The van der Waals surface area contributed by atoms with Gasteiger partial charge in [0.2, 0.25) is 0 Å². The summed E-state index contributed by atoms with van der Waals surface area (Å²) >= 11 is 0. The van der Waals surface area contributed by atoms with Crippen molar-refractivity contribution in [2.24, 2.45) is 0 Å². The molecule has 0 saturated carbocycles. The summed E-state index contributed by atoms with van der Waals surface area (Å²) in [4.78, 5) is 0. The molecule has 1 aromatic carbocycles. The van der Waals surface area contributed by atoms with Crippen molar-refractivity contribution in [1.82, 2.24) is 0 Å². The summed E-state index contributed by atoms with van der Waals surface area (Å²) in [7, 11) is -4.35. The number of hydrogen-bond acceptors (Lipinski definition) is 4. The fourth-order valence-corrected chi connectivity index (χ4v) is 2.70. The van der Waals surface area contributed by atoms with Crippen LogP contribution in [0.25, 0.3) is 0 Å². The second kappa shape index (κ2) is 6.59. The van der Waals surface area contributed by atoms with Gasteiger partial charge in [0.05, 0.1) is 15.9 Å². The maximum atomic E-state index is 11.0. The molecule has 0 spiro atoms. The third kappa shape index (κ3) is 5.91. The van der Waals surface area contributed by atoms with E-state index in [9.17, 15) is 18.1 Å². The Kier molecular flexibility index (Phi) is 6.56. The van der Waals surface area contributed by atoms with Crippen LogP contribution >= 0.6 is 0 Å². The van der Waals surface area contributed by atoms with Gasteiger partial charge in [-0.1, -0.05) is 53.7 Å². The molecule has 0 fully saturated rings. The third-order valence-electron chi connectivity index (χ3n) is 3.13. The Balaban J connectivity index is 0.00000400. The van der Waals surface area contributed by atoms with Gasteiger partial charge < -0.3 is 9.66 Å². The van der Waals surface area contributed by atoms with Crippen molar-refractivity contribution in [3.05, 3.63) is 28.8 Å². The average molecular weight is 322 g/mol. The van der Waals surface area contributed by atoms with Gasteiger partial charge in [-0.2, -0.15) is 0 Å². The van der Waals surface area contributed by atoms with Crippen molar-refractivity contribution in [3.63, 3.8) is 0 Å². The van der Waals surface area contributed by atoms with E-state index in [0.717, 1.165) is 0 Å². The van der Waals surface area contributed by atoms with E-state index in [4.69, 9.17) is 0 Å².